The van der Waals surface area contributed by atoms with E-state index < -0.39 is 5.60 Å². The Balaban J connectivity index is 2.46. The van der Waals surface area contributed by atoms with E-state index in [1.807, 2.05) is 24.3 Å². The van der Waals surface area contributed by atoms with E-state index >= 15 is 0 Å². The molecule has 0 fully saturated rings. The van der Waals surface area contributed by atoms with Gasteiger partial charge >= 0.3 is 0 Å². The van der Waals surface area contributed by atoms with Gasteiger partial charge in [-0.1, -0.05) is 69.2 Å². The summed E-state index contributed by atoms with van der Waals surface area (Å²) in [5.41, 5.74) is 6.70. The van der Waals surface area contributed by atoms with Gasteiger partial charge in [0.2, 0.25) is 0 Å². The maximum Gasteiger partial charge on any atom is 0.0839 e. The van der Waals surface area contributed by atoms with Crippen molar-refractivity contribution in [2.45, 2.75) is 51.2 Å². The second-order valence-electron chi connectivity index (χ2n) is 5.65. The van der Waals surface area contributed by atoms with E-state index in [1.165, 1.54) is 5.39 Å². The van der Waals surface area contributed by atoms with Crippen LogP contribution in [0.3, 0.4) is 0 Å². The van der Waals surface area contributed by atoms with Gasteiger partial charge in [0.15, 0.2) is 0 Å². The molecule has 0 aliphatic heterocycles. The normalized spacial score (nSPS) is 13.6. The van der Waals surface area contributed by atoms with Crippen molar-refractivity contribution in [1.82, 2.24) is 0 Å². The highest BCUT2D eigenvalue weighted by molar-refractivity contribution is 5.86. The first-order chi connectivity index (χ1) is 9.62. The molecule has 2 aromatic rings. The Morgan fingerprint density at radius 3 is 2.25 bits per heavy atom. The Morgan fingerprint density at radius 2 is 1.60 bits per heavy atom. The number of aliphatic hydroxyl groups is 1. The Kier molecular flexibility index (Phi) is 4.79. The van der Waals surface area contributed by atoms with Gasteiger partial charge in [0.25, 0.3) is 0 Å². The lowest BCUT2D eigenvalue weighted by Gasteiger charge is -2.34. The number of hydrogen-bond donors (Lipinski definition) is 2. The minimum atomic E-state index is -0.812. The van der Waals surface area contributed by atoms with Gasteiger partial charge in [-0.2, -0.15) is 0 Å². The van der Waals surface area contributed by atoms with Crippen LogP contribution in [-0.4, -0.2) is 10.7 Å². The van der Waals surface area contributed by atoms with E-state index in [4.69, 9.17) is 5.73 Å². The molecule has 0 aromatic heterocycles. The van der Waals surface area contributed by atoms with Gasteiger partial charge in [-0.25, -0.2) is 0 Å². The van der Waals surface area contributed by atoms with Crippen molar-refractivity contribution in [3.8, 4) is 0 Å². The predicted octanol–water partition coefficient (Wildman–Crippen LogP) is 4.17. The molecule has 2 rings (SSSR count). The lowest BCUT2D eigenvalue weighted by molar-refractivity contribution is -0.00416. The molecule has 0 aliphatic carbocycles. The predicted molar refractivity (Wildman–Crippen MR) is 85.6 cm³/mol. The lowest BCUT2D eigenvalue weighted by atomic mass is 9.80. The van der Waals surface area contributed by atoms with Crippen molar-refractivity contribution in [2.75, 3.05) is 0 Å². The molecule has 108 valence electrons. The summed E-state index contributed by atoms with van der Waals surface area (Å²) in [6.07, 6.45) is 3.36. The molecular formula is C18H25NO. The molecule has 3 N–H and O–H groups in total. The Hall–Kier alpha value is -1.38. The summed E-state index contributed by atoms with van der Waals surface area (Å²) in [7, 11) is 0. The number of benzene rings is 2. The van der Waals surface area contributed by atoms with Crippen LogP contribution in [0.4, 0.5) is 0 Å². The molecule has 0 saturated heterocycles. The van der Waals surface area contributed by atoms with Crippen molar-refractivity contribution in [1.29, 1.82) is 0 Å². The van der Waals surface area contributed by atoms with E-state index in [9.17, 15) is 5.11 Å². The minimum Gasteiger partial charge on any atom is -0.388 e. The van der Waals surface area contributed by atoms with Crippen LogP contribution in [0.1, 0.15) is 51.1 Å². The van der Waals surface area contributed by atoms with Crippen LogP contribution in [0.5, 0.6) is 0 Å². The molecule has 0 bridgehead atoms. The third-order valence-electron chi connectivity index (χ3n) is 4.10. The summed E-state index contributed by atoms with van der Waals surface area (Å²) in [5.74, 6) is 0. The van der Waals surface area contributed by atoms with Crippen molar-refractivity contribution in [3.05, 3.63) is 48.0 Å². The van der Waals surface area contributed by atoms with Gasteiger partial charge in [-0.3, -0.25) is 0 Å². The fraction of sp³-hybridized carbons (Fsp3) is 0.444. The molecule has 0 unspecified atom stereocenters. The molecular weight excluding hydrogens is 246 g/mol. The number of hydrogen-bond acceptors (Lipinski definition) is 2. The maximum absolute atomic E-state index is 11.0. The van der Waals surface area contributed by atoms with E-state index in [0.717, 1.165) is 36.6 Å². The van der Waals surface area contributed by atoms with Crippen LogP contribution in [-0.2, 0) is 0 Å². The van der Waals surface area contributed by atoms with Crippen LogP contribution in [0, 0.1) is 0 Å². The van der Waals surface area contributed by atoms with Gasteiger partial charge in [0, 0.05) is 0 Å². The first kappa shape index (κ1) is 15.0. The minimum absolute atomic E-state index is 0.339. The SMILES string of the molecule is CCCC(O)(CCC)[C@H](N)c1cccc2ccccc12. The summed E-state index contributed by atoms with van der Waals surface area (Å²) in [6.45, 7) is 4.19. The second-order valence-corrected chi connectivity index (χ2v) is 5.65. The fourth-order valence-electron chi connectivity index (χ4n) is 3.11. The molecule has 0 spiro atoms. The molecule has 2 aromatic carbocycles. The molecule has 2 heteroatoms. The van der Waals surface area contributed by atoms with Gasteiger partial charge in [0.05, 0.1) is 11.6 Å². The van der Waals surface area contributed by atoms with Crippen LogP contribution in [0.25, 0.3) is 10.8 Å². The number of rotatable bonds is 6. The highest BCUT2D eigenvalue weighted by atomic mass is 16.3. The summed E-state index contributed by atoms with van der Waals surface area (Å²) in [6, 6.07) is 14.0. The topological polar surface area (TPSA) is 46.2 Å². The third kappa shape index (κ3) is 2.87. The van der Waals surface area contributed by atoms with Crippen molar-refractivity contribution < 1.29 is 5.11 Å². The molecule has 0 saturated carbocycles. The zero-order chi connectivity index (χ0) is 14.6. The zero-order valence-corrected chi connectivity index (χ0v) is 12.5. The molecule has 0 aliphatic rings. The Morgan fingerprint density at radius 1 is 1.00 bits per heavy atom. The van der Waals surface area contributed by atoms with Crippen LogP contribution in [0.15, 0.2) is 42.5 Å². The Bertz CT molecular complexity index is 553. The fourth-order valence-corrected chi connectivity index (χ4v) is 3.11. The van der Waals surface area contributed by atoms with E-state index in [2.05, 4.69) is 32.0 Å². The van der Waals surface area contributed by atoms with Crippen LogP contribution >= 0.6 is 0 Å². The van der Waals surface area contributed by atoms with Crippen LogP contribution in [0.2, 0.25) is 0 Å². The highest BCUT2D eigenvalue weighted by Gasteiger charge is 2.34. The molecule has 20 heavy (non-hydrogen) atoms. The average Bonchev–Trinajstić information content (AvgIpc) is 2.46. The van der Waals surface area contributed by atoms with E-state index in [-0.39, 0.29) is 6.04 Å². The average molecular weight is 271 g/mol. The van der Waals surface area contributed by atoms with E-state index in [1.54, 1.807) is 0 Å². The Labute approximate surface area is 121 Å². The number of fused-ring (bicyclic) bond motifs is 1. The van der Waals surface area contributed by atoms with Gasteiger partial charge in [-0.15, -0.1) is 0 Å². The molecule has 0 radical (unpaired) electrons. The van der Waals surface area contributed by atoms with E-state index in [0.29, 0.717) is 0 Å². The van der Waals surface area contributed by atoms with Crippen LogP contribution < -0.4 is 5.73 Å². The molecule has 0 heterocycles. The van der Waals surface area contributed by atoms with Crippen molar-refractivity contribution >= 4 is 10.8 Å². The third-order valence-corrected chi connectivity index (χ3v) is 4.10. The monoisotopic (exact) mass is 271 g/mol. The molecule has 0 amide bonds. The lowest BCUT2D eigenvalue weighted by Crippen LogP contribution is -2.41. The van der Waals surface area contributed by atoms with Crippen molar-refractivity contribution in [2.24, 2.45) is 5.73 Å². The zero-order valence-electron chi connectivity index (χ0n) is 12.5. The summed E-state index contributed by atoms with van der Waals surface area (Å²) in [5, 5.41) is 13.3. The first-order valence-electron chi connectivity index (χ1n) is 7.58. The highest BCUT2D eigenvalue weighted by Crippen LogP contribution is 2.35. The molecule has 1 atom stereocenters. The van der Waals surface area contributed by atoms with Crippen molar-refractivity contribution in [3.63, 3.8) is 0 Å². The smallest absolute Gasteiger partial charge is 0.0839 e. The van der Waals surface area contributed by atoms with Gasteiger partial charge < -0.3 is 10.8 Å². The maximum atomic E-state index is 11.0. The second kappa shape index (κ2) is 6.38. The summed E-state index contributed by atoms with van der Waals surface area (Å²) in [4.78, 5) is 0. The first-order valence-corrected chi connectivity index (χ1v) is 7.58. The molecule has 2 nitrogen and oxygen atoms in total. The largest absolute Gasteiger partial charge is 0.388 e. The number of nitrogens with two attached hydrogens (primary N) is 1. The summed E-state index contributed by atoms with van der Waals surface area (Å²) < 4.78 is 0. The quantitative estimate of drug-likeness (QED) is 0.828. The summed E-state index contributed by atoms with van der Waals surface area (Å²) >= 11 is 0. The standard InChI is InChI=1S/C18H25NO/c1-3-12-18(20,13-4-2)17(19)16-11-7-9-14-8-5-6-10-15(14)16/h5-11,17,20H,3-4,12-13,19H2,1-2H3/t17-/m1/s1. The van der Waals surface area contributed by atoms with Gasteiger partial charge in [0.1, 0.15) is 0 Å². The van der Waals surface area contributed by atoms with Gasteiger partial charge in [-0.05, 0) is 29.2 Å².